The van der Waals surface area contributed by atoms with E-state index in [0.29, 0.717) is 0 Å². The summed E-state index contributed by atoms with van der Waals surface area (Å²) in [7, 11) is 1.72. The summed E-state index contributed by atoms with van der Waals surface area (Å²) < 4.78 is 5.12. The number of hydrogen-bond donors (Lipinski definition) is 1. The largest absolute Gasteiger partial charge is 0.383 e. The molecule has 2 amide bonds. The van der Waals surface area contributed by atoms with Gasteiger partial charge in [0, 0.05) is 45.9 Å². The van der Waals surface area contributed by atoms with E-state index in [0.717, 1.165) is 45.8 Å². The minimum atomic E-state index is 0.0345. The number of amides is 2. The fourth-order valence-corrected chi connectivity index (χ4v) is 3.52. The molecule has 1 fully saturated rings. The van der Waals surface area contributed by atoms with Gasteiger partial charge in [0.05, 0.1) is 6.61 Å². The second-order valence-electron chi connectivity index (χ2n) is 7.63. The molecule has 0 bridgehead atoms. The van der Waals surface area contributed by atoms with Gasteiger partial charge in [-0.2, -0.15) is 0 Å². The Kier molecular flexibility index (Phi) is 7.26. The molecule has 0 spiro atoms. The average molecular weight is 348 g/mol. The number of carbonyl (C=O) groups excluding carboxylic acids is 1. The second-order valence-corrected chi connectivity index (χ2v) is 7.63. The molecule has 0 aliphatic carbocycles. The fraction of sp³-hybridized carbons (Fsp3) is 0.650. The van der Waals surface area contributed by atoms with Crippen molar-refractivity contribution >= 4 is 6.03 Å². The Morgan fingerprint density at radius 3 is 2.44 bits per heavy atom. The van der Waals surface area contributed by atoms with Crippen LogP contribution in [0.1, 0.15) is 32.8 Å². The van der Waals surface area contributed by atoms with Crippen LogP contribution in [-0.4, -0.2) is 68.3 Å². The van der Waals surface area contributed by atoms with Crippen LogP contribution in [0.25, 0.3) is 0 Å². The number of benzene rings is 1. The maximum absolute atomic E-state index is 12.5. The van der Waals surface area contributed by atoms with E-state index < -0.39 is 0 Å². The molecule has 25 heavy (non-hydrogen) atoms. The number of rotatable bonds is 7. The molecule has 1 aromatic carbocycles. The highest BCUT2D eigenvalue weighted by atomic mass is 16.5. The third-order valence-corrected chi connectivity index (χ3v) is 5.01. The summed E-state index contributed by atoms with van der Waals surface area (Å²) in [6, 6.07) is 10.7. The highest BCUT2D eigenvalue weighted by molar-refractivity contribution is 5.74. The van der Waals surface area contributed by atoms with Crippen molar-refractivity contribution < 1.29 is 9.53 Å². The van der Waals surface area contributed by atoms with Crippen LogP contribution in [0.2, 0.25) is 0 Å². The molecule has 2 rings (SSSR count). The van der Waals surface area contributed by atoms with Crippen molar-refractivity contribution in [1.29, 1.82) is 0 Å². The third-order valence-electron chi connectivity index (χ3n) is 5.01. The molecule has 1 aliphatic heterocycles. The fourth-order valence-electron chi connectivity index (χ4n) is 3.52. The van der Waals surface area contributed by atoms with E-state index in [-0.39, 0.29) is 17.5 Å². The quantitative estimate of drug-likeness (QED) is 0.825. The summed E-state index contributed by atoms with van der Waals surface area (Å²) >= 11 is 0. The lowest BCUT2D eigenvalue weighted by atomic mass is 9.79. The first-order valence-electron chi connectivity index (χ1n) is 9.24. The van der Waals surface area contributed by atoms with Gasteiger partial charge in [-0.25, -0.2) is 4.79 Å². The van der Waals surface area contributed by atoms with Crippen molar-refractivity contribution in [3.8, 4) is 0 Å². The minimum Gasteiger partial charge on any atom is -0.383 e. The van der Waals surface area contributed by atoms with Crippen LogP contribution >= 0.6 is 0 Å². The summed E-state index contributed by atoms with van der Waals surface area (Å²) in [6.07, 6.45) is 0.913. The maximum Gasteiger partial charge on any atom is 0.317 e. The molecule has 0 radical (unpaired) electrons. The standard InChI is InChI=1S/C20H33N3O2/c1-17(16-20(2,3)18-8-6-5-7-9-18)21-19(24)23-12-10-22(11-13-23)14-15-25-4/h5-9,17H,10-16H2,1-4H3,(H,21,24)/t17-/m0/s1. The van der Waals surface area contributed by atoms with E-state index in [1.807, 2.05) is 11.0 Å². The molecule has 140 valence electrons. The Morgan fingerprint density at radius 2 is 1.84 bits per heavy atom. The van der Waals surface area contributed by atoms with Crippen LogP contribution in [0.5, 0.6) is 0 Å². The number of hydrogen-bond acceptors (Lipinski definition) is 3. The monoisotopic (exact) mass is 347 g/mol. The number of urea groups is 1. The van der Waals surface area contributed by atoms with E-state index in [4.69, 9.17) is 4.74 Å². The Labute approximate surface area is 152 Å². The Hall–Kier alpha value is -1.59. The molecule has 0 aromatic heterocycles. The molecule has 1 saturated heterocycles. The second kappa shape index (κ2) is 9.20. The average Bonchev–Trinajstić information content (AvgIpc) is 2.60. The van der Waals surface area contributed by atoms with Gasteiger partial charge in [0.15, 0.2) is 0 Å². The van der Waals surface area contributed by atoms with Crippen LogP contribution in [0, 0.1) is 0 Å². The first-order chi connectivity index (χ1) is 11.9. The smallest absolute Gasteiger partial charge is 0.317 e. The summed E-state index contributed by atoms with van der Waals surface area (Å²) in [4.78, 5) is 16.8. The Balaban J connectivity index is 1.79. The van der Waals surface area contributed by atoms with E-state index in [9.17, 15) is 4.79 Å². The van der Waals surface area contributed by atoms with Crippen molar-refractivity contribution in [3.63, 3.8) is 0 Å². The number of piperazine rings is 1. The van der Waals surface area contributed by atoms with Gasteiger partial charge in [0.25, 0.3) is 0 Å². The summed E-state index contributed by atoms with van der Waals surface area (Å²) in [5.74, 6) is 0. The SMILES string of the molecule is COCCN1CCN(C(=O)N[C@@H](C)CC(C)(C)c2ccccc2)CC1. The van der Waals surface area contributed by atoms with Crippen molar-refractivity contribution in [3.05, 3.63) is 35.9 Å². The molecule has 5 heteroatoms. The molecular weight excluding hydrogens is 314 g/mol. The normalized spacial score (nSPS) is 17.4. The highest BCUT2D eigenvalue weighted by Crippen LogP contribution is 2.28. The molecule has 5 nitrogen and oxygen atoms in total. The van der Waals surface area contributed by atoms with Crippen LogP contribution in [0.4, 0.5) is 4.79 Å². The number of carbonyl (C=O) groups is 1. The molecule has 1 heterocycles. The van der Waals surface area contributed by atoms with Gasteiger partial charge in [0.1, 0.15) is 0 Å². The number of ether oxygens (including phenoxy) is 1. The first kappa shape index (κ1) is 19.7. The van der Waals surface area contributed by atoms with E-state index in [2.05, 4.69) is 55.3 Å². The minimum absolute atomic E-state index is 0.0345. The Bertz CT molecular complexity index is 525. The van der Waals surface area contributed by atoms with Gasteiger partial charge in [-0.15, -0.1) is 0 Å². The molecule has 0 saturated carbocycles. The van der Waals surface area contributed by atoms with Gasteiger partial charge in [-0.05, 0) is 24.3 Å². The first-order valence-corrected chi connectivity index (χ1v) is 9.24. The van der Waals surface area contributed by atoms with Gasteiger partial charge in [0.2, 0.25) is 0 Å². The van der Waals surface area contributed by atoms with Crippen molar-refractivity contribution in [2.24, 2.45) is 0 Å². The summed E-state index contributed by atoms with van der Waals surface area (Å²) in [5, 5.41) is 3.18. The van der Waals surface area contributed by atoms with Crippen molar-refractivity contribution in [2.75, 3.05) is 46.4 Å². The Morgan fingerprint density at radius 1 is 1.20 bits per heavy atom. The predicted molar refractivity (Wildman–Crippen MR) is 102 cm³/mol. The lowest BCUT2D eigenvalue weighted by Crippen LogP contribution is -2.53. The van der Waals surface area contributed by atoms with Crippen LogP contribution in [-0.2, 0) is 10.2 Å². The number of nitrogens with one attached hydrogen (secondary N) is 1. The molecule has 1 aromatic rings. The lowest BCUT2D eigenvalue weighted by molar-refractivity contribution is 0.105. The van der Waals surface area contributed by atoms with Crippen LogP contribution in [0.3, 0.4) is 0 Å². The summed E-state index contributed by atoms with van der Waals surface area (Å²) in [6.45, 7) is 11.7. The summed E-state index contributed by atoms with van der Waals surface area (Å²) in [5.41, 5.74) is 1.34. The van der Waals surface area contributed by atoms with Crippen LogP contribution < -0.4 is 5.32 Å². The molecule has 1 N–H and O–H groups in total. The zero-order valence-corrected chi connectivity index (χ0v) is 16.1. The third kappa shape index (κ3) is 6.01. The zero-order valence-electron chi connectivity index (χ0n) is 16.1. The lowest BCUT2D eigenvalue weighted by Gasteiger charge is -2.36. The van der Waals surface area contributed by atoms with Gasteiger partial charge < -0.3 is 15.0 Å². The molecule has 1 atom stereocenters. The molecular formula is C20H33N3O2. The maximum atomic E-state index is 12.5. The predicted octanol–water partition coefficient (Wildman–Crippen LogP) is 2.72. The molecule has 1 aliphatic rings. The van der Waals surface area contributed by atoms with Crippen molar-refractivity contribution in [2.45, 2.75) is 38.6 Å². The van der Waals surface area contributed by atoms with Gasteiger partial charge >= 0.3 is 6.03 Å². The van der Waals surface area contributed by atoms with Gasteiger partial charge in [-0.1, -0.05) is 44.2 Å². The van der Waals surface area contributed by atoms with E-state index >= 15 is 0 Å². The highest BCUT2D eigenvalue weighted by Gasteiger charge is 2.26. The number of methoxy groups -OCH3 is 1. The van der Waals surface area contributed by atoms with E-state index in [1.165, 1.54) is 5.56 Å². The zero-order chi connectivity index (χ0) is 18.3. The topological polar surface area (TPSA) is 44.8 Å². The number of nitrogens with zero attached hydrogens (tertiary/aromatic N) is 2. The van der Waals surface area contributed by atoms with E-state index in [1.54, 1.807) is 7.11 Å². The van der Waals surface area contributed by atoms with Crippen LogP contribution in [0.15, 0.2) is 30.3 Å². The van der Waals surface area contributed by atoms with Crippen molar-refractivity contribution in [1.82, 2.24) is 15.1 Å². The molecule has 0 unspecified atom stereocenters. The van der Waals surface area contributed by atoms with Gasteiger partial charge in [-0.3, -0.25) is 4.90 Å².